The number of amides is 1. The van der Waals surface area contributed by atoms with E-state index in [9.17, 15) is 9.90 Å². The van der Waals surface area contributed by atoms with Gasteiger partial charge in [0.15, 0.2) is 0 Å². The lowest BCUT2D eigenvalue weighted by Crippen LogP contribution is -2.36. The first-order chi connectivity index (χ1) is 11.3. The Morgan fingerprint density at radius 2 is 1.48 bits per heavy atom. The van der Waals surface area contributed by atoms with Gasteiger partial charge in [0.25, 0.3) is 0 Å². The molecule has 1 atom stereocenters. The van der Waals surface area contributed by atoms with Gasteiger partial charge >= 0.3 is 0 Å². The van der Waals surface area contributed by atoms with Crippen LogP contribution in [0.1, 0.15) is 36.3 Å². The Kier molecular flexibility index (Phi) is 5.09. The molecule has 120 valence electrons. The topological polar surface area (TPSA) is 40.5 Å². The van der Waals surface area contributed by atoms with Crippen molar-refractivity contribution in [2.75, 3.05) is 13.1 Å². The Morgan fingerprint density at radius 1 is 0.913 bits per heavy atom. The van der Waals surface area contributed by atoms with Crippen molar-refractivity contribution in [3.05, 3.63) is 71.8 Å². The maximum absolute atomic E-state index is 13.2. The maximum Gasteiger partial charge on any atom is 0.234 e. The minimum atomic E-state index is -0.278. The van der Waals surface area contributed by atoms with Gasteiger partial charge in [-0.25, -0.2) is 0 Å². The smallest absolute Gasteiger partial charge is 0.234 e. The summed E-state index contributed by atoms with van der Waals surface area (Å²) >= 11 is 0. The Bertz CT molecular complexity index is 587. The van der Waals surface area contributed by atoms with Crippen LogP contribution < -0.4 is 0 Å². The third kappa shape index (κ3) is 3.80. The van der Waals surface area contributed by atoms with E-state index in [4.69, 9.17) is 0 Å². The van der Waals surface area contributed by atoms with E-state index in [0.717, 1.165) is 30.5 Å². The minimum Gasteiger partial charge on any atom is -0.393 e. The molecule has 1 N–H and O–H groups in total. The van der Waals surface area contributed by atoms with Crippen molar-refractivity contribution in [3.63, 3.8) is 0 Å². The molecule has 2 aromatic rings. The molecule has 1 unspecified atom stereocenters. The van der Waals surface area contributed by atoms with Crippen molar-refractivity contribution in [1.29, 1.82) is 0 Å². The number of carbonyl (C=O) groups is 1. The first-order valence-corrected chi connectivity index (χ1v) is 8.32. The summed E-state index contributed by atoms with van der Waals surface area (Å²) in [5, 5.41) is 9.82. The molecule has 1 amide bonds. The van der Waals surface area contributed by atoms with Crippen LogP contribution in [0.2, 0.25) is 0 Å². The van der Waals surface area contributed by atoms with Gasteiger partial charge in [-0.2, -0.15) is 0 Å². The fourth-order valence-corrected chi connectivity index (χ4v) is 3.25. The largest absolute Gasteiger partial charge is 0.393 e. The number of carbonyl (C=O) groups excluding carboxylic acids is 1. The monoisotopic (exact) mass is 309 g/mol. The molecule has 0 aromatic heterocycles. The molecule has 1 aliphatic heterocycles. The molecule has 3 nitrogen and oxygen atoms in total. The van der Waals surface area contributed by atoms with Crippen LogP contribution >= 0.6 is 0 Å². The van der Waals surface area contributed by atoms with Gasteiger partial charge < -0.3 is 10.0 Å². The summed E-state index contributed by atoms with van der Waals surface area (Å²) < 4.78 is 0. The average Bonchev–Trinajstić information content (AvgIpc) is 2.82. The lowest BCUT2D eigenvalue weighted by molar-refractivity contribution is -0.131. The Labute approximate surface area is 137 Å². The first-order valence-electron chi connectivity index (χ1n) is 8.32. The summed E-state index contributed by atoms with van der Waals surface area (Å²) in [4.78, 5) is 15.1. The molecule has 23 heavy (non-hydrogen) atoms. The van der Waals surface area contributed by atoms with Crippen molar-refractivity contribution >= 4 is 5.91 Å². The number of hydrogen-bond donors (Lipinski definition) is 1. The fraction of sp³-hybridized carbons (Fsp3) is 0.350. The molecule has 0 radical (unpaired) electrons. The summed E-state index contributed by atoms with van der Waals surface area (Å²) in [6, 6.07) is 19.9. The van der Waals surface area contributed by atoms with E-state index >= 15 is 0 Å². The summed E-state index contributed by atoms with van der Waals surface area (Å²) in [6.07, 6.45) is 2.04. The number of hydrogen-bond acceptors (Lipinski definition) is 2. The molecular formula is C20H23NO2. The Morgan fingerprint density at radius 3 is 2.04 bits per heavy atom. The number of rotatable bonds is 3. The van der Waals surface area contributed by atoms with E-state index < -0.39 is 0 Å². The fourth-order valence-electron chi connectivity index (χ4n) is 3.25. The zero-order valence-corrected chi connectivity index (χ0v) is 13.3. The van der Waals surface area contributed by atoms with Crippen molar-refractivity contribution < 1.29 is 9.90 Å². The highest BCUT2D eigenvalue weighted by molar-refractivity contribution is 5.87. The van der Waals surface area contributed by atoms with E-state index in [2.05, 4.69) is 0 Å². The maximum atomic E-state index is 13.2. The molecule has 1 fully saturated rings. The lowest BCUT2D eigenvalue weighted by atomic mass is 9.90. The molecule has 1 saturated heterocycles. The lowest BCUT2D eigenvalue weighted by Gasteiger charge is -2.27. The Balaban J connectivity index is 1.90. The SMILES string of the molecule is O=C(C(c1ccccc1)c1ccccc1)N1CCCC(O)CC1. The van der Waals surface area contributed by atoms with E-state index in [-0.39, 0.29) is 17.9 Å². The third-order valence-electron chi connectivity index (χ3n) is 4.52. The zero-order chi connectivity index (χ0) is 16.1. The summed E-state index contributed by atoms with van der Waals surface area (Å²) in [5.41, 5.74) is 2.04. The van der Waals surface area contributed by atoms with E-state index in [1.54, 1.807) is 0 Å². The molecule has 3 heteroatoms. The number of aliphatic hydroxyl groups excluding tert-OH is 1. The van der Waals surface area contributed by atoms with Crippen LogP contribution in [-0.4, -0.2) is 35.1 Å². The van der Waals surface area contributed by atoms with Gasteiger partial charge in [-0.15, -0.1) is 0 Å². The highest BCUT2D eigenvalue weighted by Gasteiger charge is 2.28. The van der Waals surface area contributed by atoms with Gasteiger partial charge in [0, 0.05) is 13.1 Å². The molecule has 3 rings (SSSR count). The molecule has 0 saturated carbocycles. The number of likely N-dealkylation sites (tertiary alicyclic amines) is 1. The molecule has 1 aliphatic rings. The molecule has 0 spiro atoms. The highest BCUT2D eigenvalue weighted by Crippen LogP contribution is 2.28. The van der Waals surface area contributed by atoms with Crippen molar-refractivity contribution in [3.8, 4) is 0 Å². The van der Waals surface area contributed by atoms with Crippen LogP contribution in [0.25, 0.3) is 0 Å². The van der Waals surface area contributed by atoms with Gasteiger partial charge in [-0.3, -0.25) is 4.79 Å². The molecule has 0 aliphatic carbocycles. The van der Waals surface area contributed by atoms with Gasteiger partial charge in [0.2, 0.25) is 5.91 Å². The Hall–Kier alpha value is -2.13. The van der Waals surface area contributed by atoms with Gasteiger partial charge in [-0.05, 0) is 30.4 Å². The quantitative estimate of drug-likeness (QED) is 0.946. The predicted octanol–water partition coefficient (Wildman–Crippen LogP) is 3.19. The van der Waals surface area contributed by atoms with Crippen molar-refractivity contribution in [2.45, 2.75) is 31.3 Å². The third-order valence-corrected chi connectivity index (χ3v) is 4.52. The molecule has 1 heterocycles. The molecule has 0 bridgehead atoms. The second-order valence-electron chi connectivity index (χ2n) is 6.16. The van der Waals surface area contributed by atoms with Crippen LogP contribution in [-0.2, 0) is 4.79 Å². The van der Waals surface area contributed by atoms with Gasteiger partial charge in [-0.1, -0.05) is 60.7 Å². The van der Waals surface area contributed by atoms with Gasteiger partial charge in [0.1, 0.15) is 0 Å². The molecule has 2 aromatic carbocycles. The minimum absolute atomic E-state index is 0.136. The zero-order valence-electron chi connectivity index (χ0n) is 13.3. The van der Waals surface area contributed by atoms with E-state index in [1.807, 2.05) is 65.6 Å². The number of benzene rings is 2. The predicted molar refractivity (Wildman–Crippen MR) is 91.2 cm³/mol. The highest BCUT2D eigenvalue weighted by atomic mass is 16.3. The van der Waals surface area contributed by atoms with Crippen molar-refractivity contribution in [1.82, 2.24) is 4.90 Å². The number of aliphatic hydroxyl groups is 1. The van der Waals surface area contributed by atoms with Crippen LogP contribution in [0.5, 0.6) is 0 Å². The normalized spacial score (nSPS) is 18.7. The second kappa shape index (κ2) is 7.42. The number of nitrogens with zero attached hydrogens (tertiary/aromatic N) is 1. The molecular weight excluding hydrogens is 286 g/mol. The van der Waals surface area contributed by atoms with Crippen LogP contribution in [0.3, 0.4) is 0 Å². The first kappa shape index (κ1) is 15.8. The van der Waals surface area contributed by atoms with Crippen molar-refractivity contribution in [2.24, 2.45) is 0 Å². The average molecular weight is 309 g/mol. The second-order valence-corrected chi connectivity index (χ2v) is 6.16. The summed E-state index contributed by atoms with van der Waals surface area (Å²) in [7, 11) is 0. The van der Waals surface area contributed by atoms with Crippen LogP contribution in [0, 0.1) is 0 Å². The van der Waals surface area contributed by atoms with Crippen LogP contribution in [0.15, 0.2) is 60.7 Å². The van der Waals surface area contributed by atoms with E-state index in [1.165, 1.54) is 0 Å². The summed E-state index contributed by atoms with van der Waals surface area (Å²) in [6.45, 7) is 1.36. The standard InChI is InChI=1S/C20H23NO2/c22-18-12-7-14-21(15-13-18)20(23)19(16-8-3-1-4-9-16)17-10-5-2-6-11-17/h1-6,8-11,18-19,22H,7,12-15H2. The van der Waals surface area contributed by atoms with Gasteiger partial charge in [0.05, 0.1) is 12.0 Å². The van der Waals surface area contributed by atoms with Crippen LogP contribution in [0.4, 0.5) is 0 Å². The summed E-state index contributed by atoms with van der Waals surface area (Å²) in [5.74, 6) is -0.135. The van der Waals surface area contributed by atoms with E-state index in [0.29, 0.717) is 13.0 Å².